The highest BCUT2D eigenvalue weighted by Crippen LogP contribution is 2.46. The number of carbonyl (C=O) groups is 4. The molecule has 8 atom stereocenters. The molecule has 8 aliphatic carbocycles. The van der Waals surface area contributed by atoms with Crippen LogP contribution in [0.25, 0.3) is 0 Å². The van der Waals surface area contributed by atoms with Crippen molar-refractivity contribution in [2.45, 2.75) is 216 Å². The molecule has 4 amide bonds. The lowest BCUT2D eigenvalue weighted by molar-refractivity contribution is -0.154. The lowest BCUT2D eigenvalue weighted by Crippen LogP contribution is -2.39. The van der Waals surface area contributed by atoms with Gasteiger partial charge < -0.3 is 40.2 Å². The summed E-state index contributed by atoms with van der Waals surface area (Å²) >= 11 is 24.0. The van der Waals surface area contributed by atoms with Gasteiger partial charge in [-0.3, -0.25) is 19.2 Å². The van der Waals surface area contributed by atoms with Crippen LogP contribution in [0.15, 0.2) is 92.4 Å². The zero-order valence-corrected chi connectivity index (χ0v) is 66.8. The second kappa shape index (κ2) is 35.5. The van der Waals surface area contributed by atoms with Crippen molar-refractivity contribution in [1.82, 2.24) is 21.3 Å². The predicted octanol–water partition coefficient (Wildman–Crippen LogP) is 13.6. The predicted molar refractivity (Wildman–Crippen MR) is 388 cm³/mol. The molecule has 24 nitrogen and oxygen atoms in total. The second-order valence-electron chi connectivity index (χ2n) is 29.4. The van der Waals surface area contributed by atoms with Gasteiger partial charge in [0.2, 0.25) is 23.6 Å². The Hall–Kier alpha value is -7.96. The van der Waals surface area contributed by atoms with Gasteiger partial charge in [0.15, 0.2) is 65.8 Å². The molecule has 116 heavy (non-hydrogen) atoms. The maximum atomic E-state index is 12.9. The molecule has 0 radical (unpaired) electrons. The summed E-state index contributed by atoms with van der Waals surface area (Å²) in [7, 11) is -15.5. The first-order valence-corrected chi connectivity index (χ1v) is 43.4. The van der Waals surface area contributed by atoms with Crippen LogP contribution in [0.3, 0.4) is 0 Å². The maximum Gasteiger partial charge on any atom is 0.422 e. The van der Waals surface area contributed by atoms with E-state index in [1.165, 1.54) is 0 Å². The molecule has 4 aromatic carbocycles. The first kappa shape index (κ1) is 91.9. The number of rotatable bonds is 24. The molecular formula is C72H72Cl4F12N8O16S4. The lowest BCUT2D eigenvalue weighted by atomic mass is 10.1. The Morgan fingerprint density at radius 2 is 0.509 bits per heavy atom. The fourth-order valence-electron chi connectivity index (χ4n) is 13.3. The van der Waals surface area contributed by atoms with Gasteiger partial charge >= 0.3 is 24.7 Å². The molecule has 0 aliphatic heterocycles. The van der Waals surface area contributed by atoms with Crippen molar-refractivity contribution < 1.29 is 124 Å². The topological polar surface area (TPSA) is 385 Å². The molecule has 0 spiro atoms. The smallest absolute Gasteiger partial charge is 0.422 e. The van der Waals surface area contributed by atoms with Crippen LogP contribution in [0.2, 0.25) is 20.1 Å². The van der Waals surface area contributed by atoms with Crippen LogP contribution < -0.4 is 40.2 Å². The Kier molecular flexibility index (Phi) is 28.2. The highest BCUT2D eigenvalue weighted by molar-refractivity contribution is 7.93. The van der Waals surface area contributed by atoms with E-state index in [0.29, 0.717) is 77.0 Å². The number of nitrogens with zero attached hydrogens (tertiary/aromatic N) is 4. The monoisotopic (exact) mass is 1800 g/mol. The van der Waals surface area contributed by atoms with Gasteiger partial charge in [0.05, 0.1) is 84.9 Å². The highest BCUT2D eigenvalue weighted by Gasteiger charge is 2.52. The van der Waals surface area contributed by atoms with Crippen molar-refractivity contribution in [3.8, 4) is 47.3 Å². The first-order chi connectivity index (χ1) is 53.8. The molecule has 632 valence electrons. The van der Waals surface area contributed by atoms with Gasteiger partial charge in [0.25, 0.3) is 0 Å². The Labute approximate surface area is 678 Å². The van der Waals surface area contributed by atoms with Gasteiger partial charge in [-0.2, -0.15) is 73.7 Å². The van der Waals surface area contributed by atoms with E-state index >= 15 is 0 Å². The van der Waals surface area contributed by atoms with Crippen molar-refractivity contribution >= 4 is 109 Å². The maximum absolute atomic E-state index is 12.9. The summed E-state index contributed by atoms with van der Waals surface area (Å²) in [6, 6.07) is 21.3. The van der Waals surface area contributed by atoms with Gasteiger partial charge in [0, 0.05) is 47.9 Å². The third-order valence-electron chi connectivity index (χ3n) is 20.5. The summed E-state index contributed by atoms with van der Waals surface area (Å²) in [4.78, 5) is 48.5. The SMILES string of the molecule is N#CC1(NC(=O)[C@@H]2CC[C@@H](S(=O)(=O)c3ccc(OCC(F)(F)F)cc3Cl)C2)CC1.N#CC1(NC(=O)[C@@H]2CC[C@H](S(=O)(=O)c3ccc(OCC(F)(F)F)cc3Cl)C2)CC1.N#CC1(NC(=O)[C@H]2CC[C@@H](S(=O)(=O)c3ccc(OCC(F)(F)F)cc3Cl)C2)CC1.N#CC1(NC(=O)[C@H]2CC[C@H](S(=O)(=O)c3ccc(OCC(F)(F)F)cc3Cl)C2)CC1. The summed E-state index contributed by atoms with van der Waals surface area (Å²) in [6.07, 6.45) is -10.6. The number of ether oxygens (including phenoxy) is 4. The fourth-order valence-corrected chi connectivity index (χ4v) is 22.8. The Morgan fingerprint density at radius 1 is 0.336 bits per heavy atom. The number of nitriles is 4. The molecule has 0 aromatic heterocycles. The third-order valence-corrected chi connectivity index (χ3v) is 31.3. The average Bonchev–Trinajstić information content (AvgIpc) is 1.57. The summed E-state index contributed by atoms with van der Waals surface area (Å²) in [5.41, 5.74) is -3.26. The molecular weight excluding hydrogens is 1730 g/mol. The van der Waals surface area contributed by atoms with Crippen LogP contribution in [-0.4, -0.2) is 152 Å². The minimum Gasteiger partial charge on any atom is -0.484 e. The molecule has 0 unspecified atom stereocenters. The molecule has 8 fully saturated rings. The van der Waals surface area contributed by atoms with Crippen molar-refractivity contribution in [2.75, 3.05) is 26.4 Å². The van der Waals surface area contributed by atoms with Crippen molar-refractivity contribution in [1.29, 1.82) is 21.0 Å². The van der Waals surface area contributed by atoms with Crippen LogP contribution in [0.1, 0.15) is 128 Å². The average molecular weight is 1800 g/mol. The molecule has 0 saturated heterocycles. The molecule has 12 rings (SSSR count). The van der Waals surface area contributed by atoms with Crippen LogP contribution in [0.5, 0.6) is 23.0 Å². The van der Waals surface area contributed by atoms with Crippen LogP contribution >= 0.6 is 46.4 Å². The number of hydrogen-bond acceptors (Lipinski definition) is 20. The number of hydrogen-bond donors (Lipinski definition) is 4. The van der Waals surface area contributed by atoms with Crippen LogP contribution in [-0.2, 0) is 58.5 Å². The van der Waals surface area contributed by atoms with E-state index in [4.69, 9.17) is 67.5 Å². The first-order valence-electron chi connectivity index (χ1n) is 35.7. The zero-order chi connectivity index (χ0) is 85.8. The van der Waals surface area contributed by atoms with Gasteiger partial charge in [-0.15, -0.1) is 0 Å². The van der Waals surface area contributed by atoms with Crippen molar-refractivity contribution in [2.24, 2.45) is 23.7 Å². The number of sulfone groups is 4. The van der Waals surface area contributed by atoms with Crippen molar-refractivity contribution in [3.05, 3.63) is 92.9 Å². The van der Waals surface area contributed by atoms with Crippen LogP contribution in [0.4, 0.5) is 52.7 Å². The standard InChI is InChI=1S/4C18H18ClF3N2O4S/c4*19-14-8-12(28-10-18(20,21)22)2-4-15(14)29(26,27)13-3-1-11(7-13)16(25)24-17(9-23)5-6-17/h4*2,4,8,11,13H,1,3,5-7,10H2,(H,24,25)/t2*11-,13+;2*11-,13-/m1010/s1. The number of benzene rings is 4. The number of alkyl halides is 12. The zero-order valence-electron chi connectivity index (χ0n) is 60.5. The summed E-state index contributed by atoms with van der Waals surface area (Å²) in [6.45, 7) is -6.06. The van der Waals surface area contributed by atoms with Gasteiger partial charge in [0.1, 0.15) is 45.2 Å². The largest absolute Gasteiger partial charge is 0.484 e. The van der Waals surface area contributed by atoms with Gasteiger partial charge in [-0.1, -0.05) is 46.4 Å². The van der Waals surface area contributed by atoms with Crippen molar-refractivity contribution in [3.63, 3.8) is 0 Å². The summed E-state index contributed by atoms with van der Waals surface area (Å²) < 4.78 is 269. The second-order valence-corrected chi connectivity index (χ2v) is 39.8. The minimum atomic E-state index is -4.53. The van der Waals surface area contributed by atoms with Gasteiger partial charge in [-0.05, 0) is 177 Å². The van der Waals surface area contributed by atoms with Gasteiger partial charge in [-0.25, -0.2) is 33.7 Å². The Morgan fingerprint density at radius 3 is 0.647 bits per heavy atom. The van der Waals surface area contributed by atoms with E-state index in [-0.39, 0.29) is 138 Å². The molecule has 8 aliphatic rings. The molecule has 8 saturated carbocycles. The molecule has 0 heterocycles. The third kappa shape index (κ3) is 24.2. The number of amides is 4. The molecule has 0 bridgehead atoms. The van der Waals surface area contributed by atoms with E-state index in [1.807, 2.05) is 0 Å². The number of nitrogens with one attached hydrogen (secondary N) is 4. The lowest BCUT2D eigenvalue weighted by Gasteiger charge is -2.16. The fraction of sp³-hybridized carbons (Fsp3) is 0.556. The van der Waals surface area contributed by atoms with E-state index < -0.39 is 157 Å². The summed E-state index contributed by atoms with van der Waals surface area (Å²) in [5, 5.41) is 42.7. The number of carbonyl (C=O) groups excluding carboxylic acids is 4. The summed E-state index contributed by atoms with van der Waals surface area (Å²) in [5.74, 6) is -4.17. The van der Waals surface area contributed by atoms with E-state index in [9.17, 15) is 106 Å². The normalized spacial score (nSPS) is 23.3. The minimum absolute atomic E-state index is 0.0956. The van der Waals surface area contributed by atoms with E-state index in [2.05, 4.69) is 64.5 Å². The van der Waals surface area contributed by atoms with E-state index in [0.717, 1.165) is 72.8 Å². The van der Waals surface area contributed by atoms with E-state index in [1.54, 1.807) is 0 Å². The Balaban J connectivity index is 0.000000177. The Bertz CT molecular complexity index is 4440. The highest BCUT2D eigenvalue weighted by atomic mass is 35.5. The molecule has 44 heteroatoms. The molecule has 4 N–H and O–H groups in total. The number of halogens is 16. The quantitative estimate of drug-likeness (QED) is 0.0473. The molecule has 4 aromatic rings. The van der Waals surface area contributed by atoms with Crippen LogP contribution in [0, 0.1) is 69.0 Å².